The maximum Gasteiger partial charge on any atom is 0.349 e. The third kappa shape index (κ3) is 2.08. The van der Waals surface area contributed by atoms with E-state index in [1.165, 1.54) is 22.5 Å². The van der Waals surface area contributed by atoms with Crippen LogP contribution in [0.4, 0.5) is 4.39 Å². The molecular formula is C11H11ClFN3O2S. The van der Waals surface area contributed by atoms with Crippen molar-refractivity contribution in [2.45, 2.75) is 0 Å². The molecule has 5 nitrogen and oxygen atoms in total. The first-order valence-corrected chi connectivity index (χ1v) is 6.05. The summed E-state index contributed by atoms with van der Waals surface area (Å²) in [4.78, 5) is 12.0. The standard InChI is InChI=1S/C11H11ClFN3O2S/c1-14-10(17)16(11(19)15(14)2)8-5-9(18-3)6(12)4-7(8)13/h4-5H,1-3H3. The molecule has 102 valence electrons. The zero-order valence-electron chi connectivity index (χ0n) is 10.5. The molecule has 1 aromatic heterocycles. The Labute approximate surface area is 118 Å². The Hall–Kier alpha value is -1.60. The maximum atomic E-state index is 14.0. The van der Waals surface area contributed by atoms with Crippen molar-refractivity contribution in [3.8, 4) is 11.4 Å². The molecule has 0 aliphatic heterocycles. The van der Waals surface area contributed by atoms with Gasteiger partial charge in [-0.2, -0.15) is 0 Å². The average molecular weight is 304 g/mol. The van der Waals surface area contributed by atoms with Crippen LogP contribution >= 0.6 is 23.8 Å². The van der Waals surface area contributed by atoms with E-state index in [0.29, 0.717) is 0 Å². The van der Waals surface area contributed by atoms with Crippen LogP contribution < -0.4 is 10.4 Å². The van der Waals surface area contributed by atoms with Crippen molar-refractivity contribution in [3.63, 3.8) is 0 Å². The fourth-order valence-electron chi connectivity index (χ4n) is 1.68. The van der Waals surface area contributed by atoms with Crippen LogP contribution in [0.5, 0.6) is 5.75 Å². The van der Waals surface area contributed by atoms with Crippen molar-refractivity contribution in [3.05, 3.63) is 38.2 Å². The quantitative estimate of drug-likeness (QED) is 0.797. The molecule has 19 heavy (non-hydrogen) atoms. The molecule has 2 rings (SSSR count). The van der Waals surface area contributed by atoms with Gasteiger partial charge in [0.05, 0.1) is 17.8 Å². The Balaban J connectivity index is 2.84. The smallest absolute Gasteiger partial charge is 0.349 e. The van der Waals surface area contributed by atoms with E-state index < -0.39 is 11.5 Å². The highest BCUT2D eigenvalue weighted by atomic mass is 35.5. The summed E-state index contributed by atoms with van der Waals surface area (Å²) in [5.41, 5.74) is -0.441. The summed E-state index contributed by atoms with van der Waals surface area (Å²) in [5, 5.41) is 0.128. The van der Waals surface area contributed by atoms with Crippen LogP contribution in [0.25, 0.3) is 5.69 Å². The van der Waals surface area contributed by atoms with Crippen LogP contribution in [0.15, 0.2) is 16.9 Å². The highest BCUT2D eigenvalue weighted by Crippen LogP contribution is 2.28. The zero-order valence-corrected chi connectivity index (χ0v) is 12.0. The fraction of sp³-hybridized carbons (Fsp3) is 0.273. The van der Waals surface area contributed by atoms with Crippen LogP contribution in [0.3, 0.4) is 0 Å². The lowest BCUT2D eigenvalue weighted by Gasteiger charge is -2.07. The first-order chi connectivity index (χ1) is 8.88. The summed E-state index contributed by atoms with van der Waals surface area (Å²) in [7, 11) is 4.57. The Kier molecular flexibility index (Phi) is 3.51. The minimum Gasteiger partial charge on any atom is -0.495 e. The Bertz CT molecular complexity index is 729. The highest BCUT2D eigenvalue weighted by Gasteiger charge is 2.16. The van der Waals surface area contributed by atoms with Crippen LogP contribution in [0.2, 0.25) is 5.02 Å². The normalized spacial score (nSPS) is 10.8. The number of aromatic nitrogens is 3. The van der Waals surface area contributed by atoms with E-state index >= 15 is 0 Å². The Morgan fingerprint density at radius 2 is 1.95 bits per heavy atom. The summed E-state index contributed by atoms with van der Waals surface area (Å²) in [5.74, 6) is -0.379. The van der Waals surface area contributed by atoms with Crippen molar-refractivity contribution < 1.29 is 9.13 Å². The maximum absolute atomic E-state index is 14.0. The predicted octanol–water partition coefficient (Wildman–Crippen LogP) is 2.05. The Morgan fingerprint density at radius 3 is 2.42 bits per heavy atom. The molecule has 0 spiro atoms. The van der Waals surface area contributed by atoms with Gasteiger partial charge in [-0.05, 0) is 18.3 Å². The zero-order chi connectivity index (χ0) is 14.3. The molecule has 0 fully saturated rings. The number of rotatable bonds is 2. The fourth-order valence-corrected chi connectivity index (χ4v) is 2.21. The summed E-state index contributed by atoms with van der Waals surface area (Å²) >= 11 is 10.9. The summed E-state index contributed by atoms with van der Waals surface area (Å²) in [6.45, 7) is 0. The van der Waals surface area contributed by atoms with Gasteiger partial charge in [-0.1, -0.05) is 11.6 Å². The SMILES string of the molecule is COc1cc(-n2c(=O)n(C)n(C)c2=S)c(F)cc1Cl. The molecule has 0 atom stereocenters. The first-order valence-electron chi connectivity index (χ1n) is 5.27. The number of benzene rings is 1. The van der Waals surface area contributed by atoms with Crippen LogP contribution in [-0.4, -0.2) is 21.0 Å². The molecule has 2 aromatic rings. The number of hydrogen-bond donors (Lipinski definition) is 0. The molecule has 1 heterocycles. The third-order valence-corrected chi connectivity index (χ3v) is 3.59. The number of methoxy groups -OCH3 is 1. The summed E-state index contributed by atoms with van der Waals surface area (Å²) in [6.07, 6.45) is 0. The van der Waals surface area contributed by atoms with Crippen molar-refractivity contribution in [1.29, 1.82) is 0 Å². The Morgan fingerprint density at radius 1 is 1.32 bits per heavy atom. The van der Waals surface area contributed by atoms with Gasteiger partial charge in [0.15, 0.2) is 0 Å². The predicted molar refractivity (Wildman–Crippen MR) is 72.3 cm³/mol. The summed E-state index contributed by atoms with van der Waals surface area (Å²) < 4.78 is 23.0. The van der Waals surface area contributed by atoms with E-state index in [1.54, 1.807) is 14.1 Å². The van der Waals surface area contributed by atoms with Crippen molar-refractivity contribution in [1.82, 2.24) is 13.9 Å². The number of hydrogen-bond acceptors (Lipinski definition) is 3. The highest BCUT2D eigenvalue weighted by molar-refractivity contribution is 7.71. The van der Waals surface area contributed by atoms with E-state index in [0.717, 1.165) is 10.6 Å². The lowest BCUT2D eigenvalue weighted by atomic mass is 10.3. The number of ether oxygens (including phenoxy) is 1. The molecule has 0 amide bonds. The lowest BCUT2D eigenvalue weighted by molar-refractivity contribution is 0.413. The third-order valence-electron chi connectivity index (χ3n) is 2.85. The minimum atomic E-state index is -0.648. The molecule has 0 radical (unpaired) electrons. The molecule has 0 saturated carbocycles. The lowest BCUT2D eigenvalue weighted by Crippen LogP contribution is -2.23. The van der Waals surface area contributed by atoms with Gasteiger partial charge in [-0.15, -0.1) is 0 Å². The van der Waals surface area contributed by atoms with Crippen LogP contribution in [0.1, 0.15) is 0 Å². The number of nitrogens with zero attached hydrogens (tertiary/aromatic N) is 3. The van der Waals surface area contributed by atoms with Gasteiger partial charge < -0.3 is 4.74 Å². The van der Waals surface area contributed by atoms with Crippen molar-refractivity contribution in [2.24, 2.45) is 14.1 Å². The van der Waals surface area contributed by atoms with Gasteiger partial charge in [-0.3, -0.25) is 4.68 Å². The molecule has 0 aliphatic rings. The average Bonchev–Trinajstić information content (AvgIpc) is 2.55. The second-order valence-corrected chi connectivity index (χ2v) is 4.66. The van der Waals surface area contributed by atoms with Crippen molar-refractivity contribution in [2.75, 3.05) is 7.11 Å². The molecular weight excluding hydrogens is 293 g/mol. The van der Waals surface area contributed by atoms with Gasteiger partial charge >= 0.3 is 5.69 Å². The summed E-state index contributed by atoms with van der Waals surface area (Å²) in [6, 6.07) is 2.43. The van der Waals surface area contributed by atoms with Crippen molar-refractivity contribution >= 4 is 23.8 Å². The molecule has 0 bridgehead atoms. The molecule has 0 unspecified atom stereocenters. The van der Waals surface area contributed by atoms with Gasteiger partial charge in [0.2, 0.25) is 4.77 Å². The van der Waals surface area contributed by atoms with Gasteiger partial charge in [0.1, 0.15) is 11.6 Å². The van der Waals surface area contributed by atoms with Crippen LogP contribution in [-0.2, 0) is 14.1 Å². The van der Waals surface area contributed by atoms with Crippen LogP contribution in [0, 0.1) is 10.6 Å². The number of halogens is 2. The van der Waals surface area contributed by atoms with E-state index in [-0.39, 0.29) is 21.2 Å². The second kappa shape index (κ2) is 4.82. The monoisotopic (exact) mass is 303 g/mol. The largest absolute Gasteiger partial charge is 0.495 e. The van der Waals surface area contributed by atoms with E-state index in [1.807, 2.05) is 0 Å². The molecule has 0 N–H and O–H groups in total. The minimum absolute atomic E-state index is 0.00690. The van der Waals surface area contributed by atoms with Gasteiger partial charge in [-0.25, -0.2) is 18.4 Å². The van der Waals surface area contributed by atoms with Gasteiger partial charge in [0, 0.05) is 20.2 Å². The molecule has 8 heteroatoms. The molecule has 0 saturated heterocycles. The van der Waals surface area contributed by atoms with E-state index in [4.69, 9.17) is 28.6 Å². The van der Waals surface area contributed by atoms with Gasteiger partial charge in [0.25, 0.3) is 0 Å². The molecule has 0 aliphatic carbocycles. The van der Waals surface area contributed by atoms with E-state index in [9.17, 15) is 9.18 Å². The second-order valence-electron chi connectivity index (χ2n) is 3.89. The molecule has 1 aromatic carbocycles. The first kappa shape index (κ1) is 13.8. The topological polar surface area (TPSA) is 41.1 Å². The van der Waals surface area contributed by atoms with E-state index in [2.05, 4.69) is 0 Å².